The molecule has 1 aliphatic heterocycles. The van der Waals surface area contributed by atoms with Crippen LogP contribution in [0.4, 0.5) is 0 Å². The zero-order chi connectivity index (χ0) is 16.1. The molecule has 0 radical (unpaired) electrons. The van der Waals surface area contributed by atoms with Crippen molar-refractivity contribution in [2.75, 3.05) is 19.6 Å². The standard InChI is InChI=1S/C16H24N4O2/c1-11(2)7-19-15(21)13-5-4-6-20(10-13)16(22)14-9-17-12(3)8-18-14/h8-9,11,13H,4-7,10H2,1-3H3,(H,19,21)/t13-/m0/s1. The molecule has 1 saturated heterocycles. The molecule has 0 spiro atoms. The van der Waals surface area contributed by atoms with Crippen LogP contribution in [-0.2, 0) is 4.79 Å². The number of amides is 2. The summed E-state index contributed by atoms with van der Waals surface area (Å²) in [5, 5.41) is 2.95. The van der Waals surface area contributed by atoms with Gasteiger partial charge in [0.05, 0.1) is 17.8 Å². The minimum Gasteiger partial charge on any atom is -0.356 e. The number of aromatic nitrogens is 2. The van der Waals surface area contributed by atoms with Crippen molar-refractivity contribution in [2.24, 2.45) is 11.8 Å². The molecule has 0 saturated carbocycles. The van der Waals surface area contributed by atoms with Crippen LogP contribution in [0, 0.1) is 18.8 Å². The van der Waals surface area contributed by atoms with Crippen LogP contribution in [0.1, 0.15) is 42.9 Å². The van der Waals surface area contributed by atoms with Crippen molar-refractivity contribution >= 4 is 11.8 Å². The van der Waals surface area contributed by atoms with E-state index < -0.39 is 0 Å². The van der Waals surface area contributed by atoms with E-state index in [1.54, 1.807) is 11.1 Å². The lowest BCUT2D eigenvalue weighted by Crippen LogP contribution is -2.46. The van der Waals surface area contributed by atoms with Gasteiger partial charge in [0.15, 0.2) is 0 Å². The highest BCUT2D eigenvalue weighted by Crippen LogP contribution is 2.18. The topological polar surface area (TPSA) is 75.2 Å². The van der Waals surface area contributed by atoms with Gasteiger partial charge in [-0.05, 0) is 25.7 Å². The van der Waals surface area contributed by atoms with E-state index in [0.717, 1.165) is 18.5 Å². The maximum atomic E-state index is 12.4. The van der Waals surface area contributed by atoms with Crippen LogP contribution in [-0.4, -0.2) is 46.3 Å². The van der Waals surface area contributed by atoms with Gasteiger partial charge < -0.3 is 10.2 Å². The first-order valence-electron chi connectivity index (χ1n) is 7.83. The van der Waals surface area contributed by atoms with E-state index in [4.69, 9.17) is 0 Å². The van der Waals surface area contributed by atoms with E-state index in [2.05, 4.69) is 29.1 Å². The summed E-state index contributed by atoms with van der Waals surface area (Å²) in [5.41, 5.74) is 1.12. The van der Waals surface area contributed by atoms with Crippen molar-refractivity contribution in [3.63, 3.8) is 0 Å². The average Bonchev–Trinajstić information content (AvgIpc) is 2.52. The van der Waals surface area contributed by atoms with Crippen LogP contribution >= 0.6 is 0 Å². The molecule has 1 atom stereocenters. The van der Waals surface area contributed by atoms with Gasteiger partial charge in [-0.25, -0.2) is 4.98 Å². The summed E-state index contributed by atoms with van der Waals surface area (Å²) in [6.45, 7) is 7.75. The van der Waals surface area contributed by atoms with Gasteiger partial charge in [0.2, 0.25) is 5.91 Å². The molecule has 1 aromatic rings. The average molecular weight is 304 g/mol. The van der Waals surface area contributed by atoms with Gasteiger partial charge in [0, 0.05) is 25.8 Å². The summed E-state index contributed by atoms with van der Waals surface area (Å²) in [5.74, 6) is 0.193. The molecule has 0 bridgehead atoms. The molecule has 0 unspecified atom stereocenters. The second-order valence-corrected chi connectivity index (χ2v) is 6.27. The lowest BCUT2D eigenvalue weighted by Gasteiger charge is -2.32. The Morgan fingerprint density at radius 3 is 2.77 bits per heavy atom. The van der Waals surface area contributed by atoms with Crippen LogP contribution in [0.15, 0.2) is 12.4 Å². The monoisotopic (exact) mass is 304 g/mol. The van der Waals surface area contributed by atoms with Gasteiger partial charge in [0.1, 0.15) is 5.69 Å². The van der Waals surface area contributed by atoms with Crippen LogP contribution < -0.4 is 5.32 Å². The second-order valence-electron chi connectivity index (χ2n) is 6.27. The van der Waals surface area contributed by atoms with Gasteiger partial charge >= 0.3 is 0 Å². The first kappa shape index (κ1) is 16.4. The summed E-state index contributed by atoms with van der Waals surface area (Å²) < 4.78 is 0. The minimum absolute atomic E-state index is 0.0428. The quantitative estimate of drug-likeness (QED) is 0.912. The highest BCUT2D eigenvalue weighted by Gasteiger charge is 2.29. The lowest BCUT2D eigenvalue weighted by molar-refractivity contribution is -0.126. The summed E-state index contributed by atoms with van der Waals surface area (Å²) in [6.07, 6.45) is 4.75. The van der Waals surface area contributed by atoms with Crippen LogP contribution in [0.5, 0.6) is 0 Å². The fraction of sp³-hybridized carbons (Fsp3) is 0.625. The molecular formula is C16H24N4O2. The van der Waals surface area contributed by atoms with Crippen molar-refractivity contribution in [1.29, 1.82) is 0 Å². The van der Waals surface area contributed by atoms with Gasteiger partial charge in [-0.2, -0.15) is 0 Å². The molecule has 6 nitrogen and oxygen atoms in total. The van der Waals surface area contributed by atoms with E-state index in [9.17, 15) is 9.59 Å². The fourth-order valence-electron chi connectivity index (χ4n) is 2.49. The van der Waals surface area contributed by atoms with Crippen molar-refractivity contribution in [2.45, 2.75) is 33.6 Å². The molecule has 22 heavy (non-hydrogen) atoms. The van der Waals surface area contributed by atoms with Crippen LogP contribution in [0.25, 0.3) is 0 Å². The first-order valence-corrected chi connectivity index (χ1v) is 7.83. The third-order valence-electron chi connectivity index (χ3n) is 3.76. The Balaban J connectivity index is 1.96. The molecule has 2 rings (SSSR count). The number of aryl methyl sites for hydroxylation is 1. The number of hydrogen-bond donors (Lipinski definition) is 1. The van der Waals surface area contributed by atoms with Crippen LogP contribution in [0.2, 0.25) is 0 Å². The Labute approximate surface area is 131 Å². The second kappa shape index (κ2) is 7.33. The Morgan fingerprint density at radius 2 is 2.14 bits per heavy atom. The van der Waals surface area contributed by atoms with E-state index in [0.29, 0.717) is 31.2 Å². The number of rotatable bonds is 4. The molecule has 1 N–H and O–H groups in total. The number of nitrogens with zero attached hydrogens (tertiary/aromatic N) is 3. The van der Waals surface area contributed by atoms with Crippen molar-refractivity contribution in [3.8, 4) is 0 Å². The molecule has 0 aliphatic carbocycles. The predicted molar refractivity (Wildman–Crippen MR) is 83.2 cm³/mol. The third-order valence-corrected chi connectivity index (χ3v) is 3.76. The smallest absolute Gasteiger partial charge is 0.274 e. The van der Waals surface area contributed by atoms with Crippen molar-refractivity contribution in [1.82, 2.24) is 20.2 Å². The maximum Gasteiger partial charge on any atom is 0.274 e. The van der Waals surface area contributed by atoms with Crippen LogP contribution in [0.3, 0.4) is 0 Å². The number of piperidine rings is 1. The van der Waals surface area contributed by atoms with Gasteiger partial charge in [-0.1, -0.05) is 13.8 Å². The van der Waals surface area contributed by atoms with Gasteiger partial charge in [-0.15, -0.1) is 0 Å². The molecular weight excluding hydrogens is 280 g/mol. The van der Waals surface area contributed by atoms with E-state index in [-0.39, 0.29) is 17.7 Å². The SMILES string of the molecule is Cc1cnc(C(=O)N2CCC[C@H](C(=O)NCC(C)C)C2)cn1. The molecule has 0 aromatic carbocycles. The summed E-state index contributed by atoms with van der Waals surface area (Å²) >= 11 is 0. The number of hydrogen-bond acceptors (Lipinski definition) is 4. The van der Waals surface area contributed by atoms with E-state index in [1.807, 2.05) is 6.92 Å². The molecule has 120 valence electrons. The van der Waals surface area contributed by atoms with E-state index >= 15 is 0 Å². The molecule has 1 fully saturated rings. The highest BCUT2D eigenvalue weighted by atomic mass is 16.2. The third kappa shape index (κ3) is 4.26. The number of likely N-dealkylation sites (tertiary alicyclic amines) is 1. The zero-order valence-electron chi connectivity index (χ0n) is 13.5. The first-order chi connectivity index (χ1) is 10.5. The fourth-order valence-corrected chi connectivity index (χ4v) is 2.49. The maximum absolute atomic E-state index is 12.4. The lowest BCUT2D eigenvalue weighted by atomic mass is 9.96. The molecule has 1 aromatic heterocycles. The molecule has 1 aliphatic rings. The summed E-state index contributed by atoms with van der Waals surface area (Å²) in [4.78, 5) is 34.6. The number of nitrogens with one attached hydrogen (secondary N) is 1. The molecule has 6 heteroatoms. The Hall–Kier alpha value is -1.98. The minimum atomic E-state index is -0.145. The number of carbonyl (C=O) groups excluding carboxylic acids is 2. The molecule has 2 heterocycles. The highest BCUT2D eigenvalue weighted by molar-refractivity contribution is 5.92. The zero-order valence-corrected chi connectivity index (χ0v) is 13.5. The Morgan fingerprint density at radius 1 is 1.36 bits per heavy atom. The van der Waals surface area contributed by atoms with Gasteiger partial charge in [-0.3, -0.25) is 14.6 Å². The predicted octanol–water partition coefficient (Wildman–Crippen LogP) is 1.41. The summed E-state index contributed by atoms with van der Waals surface area (Å²) in [6, 6.07) is 0. The van der Waals surface area contributed by atoms with E-state index in [1.165, 1.54) is 6.20 Å². The Bertz CT molecular complexity index is 527. The largest absolute Gasteiger partial charge is 0.356 e. The normalized spacial score (nSPS) is 18.4. The number of carbonyl (C=O) groups is 2. The Kier molecular flexibility index (Phi) is 5.46. The van der Waals surface area contributed by atoms with Crippen molar-refractivity contribution < 1.29 is 9.59 Å². The van der Waals surface area contributed by atoms with Crippen molar-refractivity contribution in [3.05, 3.63) is 23.8 Å². The summed E-state index contributed by atoms with van der Waals surface area (Å²) in [7, 11) is 0. The molecule has 2 amide bonds. The van der Waals surface area contributed by atoms with Gasteiger partial charge in [0.25, 0.3) is 5.91 Å².